The Morgan fingerprint density at radius 1 is 0.917 bits per heavy atom. The van der Waals surface area contributed by atoms with Crippen molar-refractivity contribution in [2.75, 3.05) is 5.32 Å². The summed E-state index contributed by atoms with van der Waals surface area (Å²) in [7, 11) is 1.99. The van der Waals surface area contributed by atoms with Gasteiger partial charge < -0.3 is 10.6 Å². The number of amides is 1. The molecule has 36 heavy (non-hydrogen) atoms. The number of anilines is 1. The van der Waals surface area contributed by atoms with Gasteiger partial charge in [0.05, 0.1) is 5.69 Å². The number of hydrogen-bond donors (Lipinski definition) is 2. The summed E-state index contributed by atoms with van der Waals surface area (Å²) in [4.78, 5) is 17.1. The van der Waals surface area contributed by atoms with Crippen molar-refractivity contribution in [1.29, 1.82) is 0 Å². The number of rotatable bonds is 7. The molecule has 0 aliphatic rings. The molecule has 9 heteroatoms. The summed E-state index contributed by atoms with van der Waals surface area (Å²) in [5.41, 5.74) is 6.10. The van der Waals surface area contributed by atoms with E-state index in [0.29, 0.717) is 28.7 Å². The van der Waals surface area contributed by atoms with Gasteiger partial charge in [-0.05, 0) is 46.9 Å². The van der Waals surface area contributed by atoms with Crippen LogP contribution < -0.4 is 16.1 Å². The highest BCUT2D eigenvalue weighted by Gasteiger charge is 2.12. The standard InChI is InChI=1S/C27H22BCl2N5O/c28-22-16-33-35-25(13-24(34-26(22)35)21-3-1-2-4-23(21)30)31-14-17-5-7-18(8-6-17)15-32-27(36)19-9-11-20(29)12-10-19/h1-13,16,31H,14-15,28H2,(H,32,36). The van der Waals surface area contributed by atoms with Gasteiger partial charge in [0.1, 0.15) is 13.7 Å². The zero-order valence-electron chi connectivity index (χ0n) is 19.5. The molecule has 0 radical (unpaired) electrons. The Bertz CT molecular complexity index is 1530. The van der Waals surface area contributed by atoms with Gasteiger partial charge in [0.2, 0.25) is 0 Å². The summed E-state index contributed by atoms with van der Waals surface area (Å²) in [6.45, 7) is 1.03. The van der Waals surface area contributed by atoms with Gasteiger partial charge in [0, 0.05) is 46.5 Å². The van der Waals surface area contributed by atoms with Gasteiger partial charge in [-0.15, -0.1) is 0 Å². The first-order chi connectivity index (χ1) is 17.5. The maximum atomic E-state index is 12.3. The Morgan fingerprint density at radius 2 is 1.61 bits per heavy atom. The van der Waals surface area contributed by atoms with Crippen LogP contribution in [-0.2, 0) is 13.1 Å². The molecular weight excluding hydrogens is 492 g/mol. The summed E-state index contributed by atoms with van der Waals surface area (Å²) in [5, 5.41) is 12.1. The molecule has 6 nitrogen and oxygen atoms in total. The number of nitrogens with zero attached hydrogens (tertiary/aromatic N) is 3. The molecule has 0 fully saturated rings. The van der Waals surface area contributed by atoms with Crippen LogP contribution in [0, 0.1) is 0 Å². The first-order valence-electron chi connectivity index (χ1n) is 11.4. The normalized spacial score (nSPS) is 10.9. The lowest BCUT2D eigenvalue weighted by Crippen LogP contribution is -2.22. The number of hydrogen-bond acceptors (Lipinski definition) is 4. The molecule has 5 aromatic rings. The SMILES string of the molecule is Bc1cnn2c(NCc3ccc(CNC(=O)c4ccc(Cl)cc4)cc3)cc(-c3ccccc3Cl)nc12. The maximum Gasteiger partial charge on any atom is 0.251 e. The van der Waals surface area contributed by atoms with E-state index in [4.69, 9.17) is 28.2 Å². The molecule has 0 saturated carbocycles. The Kier molecular flexibility index (Phi) is 6.94. The number of benzene rings is 3. The molecular formula is C27H22BCl2N5O. The van der Waals surface area contributed by atoms with Crippen molar-refractivity contribution in [1.82, 2.24) is 19.9 Å². The molecule has 0 atom stereocenters. The molecule has 0 bridgehead atoms. The predicted molar refractivity (Wildman–Crippen MR) is 148 cm³/mol. The fourth-order valence-corrected chi connectivity index (χ4v) is 4.22. The molecule has 3 aromatic carbocycles. The monoisotopic (exact) mass is 513 g/mol. The van der Waals surface area contributed by atoms with Crippen molar-refractivity contribution in [2.45, 2.75) is 13.1 Å². The largest absolute Gasteiger partial charge is 0.366 e. The van der Waals surface area contributed by atoms with Crippen LogP contribution in [0.2, 0.25) is 10.0 Å². The quantitative estimate of drug-likeness (QED) is 0.314. The van der Waals surface area contributed by atoms with Crippen LogP contribution in [-0.4, -0.2) is 28.4 Å². The fourth-order valence-electron chi connectivity index (χ4n) is 3.86. The molecule has 5 rings (SSSR count). The van der Waals surface area contributed by atoms with Gasteiger partial charge in [-0.25, -0.2) is 4.98 Å². The first kappa shape index (κ1) is 23.9. The summed E-state index contributed by atoms with van der Waals surface area (Å²) >= 11 is 12.3. The number of fused-ring (bicyclic) bond motifs is 1. The van der Waals surface area contributed by atoms with Gasteiger partial charge >= 0.3 is 0 Å². The molecule has 0 aliphatic carbocycles. The second-order valence-electron chi connectivity index (χ2n) is 8.43. The predicted octanol–water partition coefficient (Wildman–Crippen LogP) is 4.50. The number of carbonyl (C=O) groups excluding carboxylic acids is 1. The first-order valence-corrected chi connectivity index (χ1v) is 12.2. The Balaban J connectivity index is 1.28. The van der Waals surface area contributed by atoms with Gasteiger partial charge in [-0.3, -0.25) is 4.79 Å². The lowest BCUT2D eigenvalue weighted by Gasteiger charge is -2.12. The van der Waals surface area contributed by atoms with Crippen LogP contribution >= 0.6 is 23.2 Å². The van der Waals surface area contributed by atoms with Crippen LogP contribution in [0.1, 0.15) is 21.5 Å². The Labute approximate surface area is 219 Å². The van der Waals surface area contributed by atoms with Gasteiger partial charge in [0.15, 0.2) is 5.65 Å². The number of halogens is 2. The van der Waals surface area contributed by atoms with E-state index in [0.717, 1.165) is 39.3 Å². The number of carbonyl (C=O) groups is 1. The number of aromatic nitrogens is 3. The van der Waals surface area contributed by atoms with E-state index < -0.39 is 0 Å². The lowest BCUT2D eigenvalue weighted by atomic mass is 10.0. The topological polar surface area (TPSA) is 71.3 Å². The molecule has 1 amide bonds. The zero-order chi connectivity index (χ0) is 25.1. The maximum absolute atomic E-state index is 12.3. The molecule has 0 spiro atoms. The van der Waals surface area contributed by atoms with Crippen LogP contribution in [0.5, 0.6) is 0 Å². The van der Waals surface area contributed by atoms with E-state index in [2.05, 4.69) is 15.7 Å². The second-order valence-corrected chi connectivity index (χ2v) is 9.27. The van der Waals surface area contributed by atoms with Gasteiger partial charge in [0.25, 0.3) is 5.91 Å². The average Bonchev–Trinajstić information content (AvgIpc) is 3.27. The van der Waals surface area contributed by atoms with E-state index >= 15 is 0 Å². The number of nitrogens with one attached hydrogen (secondary N) is 2. The van der Waals surface area contributed by atoms with Crippen LogP contribution in [0.3, 0.4) is 0 Å². The molecule has 0 unspecified atom stereocenters. The van der Waals surface area contributed by atoms with Crippen LogP contribution in [0.25, 0.3) is 16.9 Å². The third-order valence-corrected chi connectivity index (χ3v) is 6.44. The Hall–Kier alpha value is -3.81. The summed E-state index contributed by atoms with van der Waals surface area (Å²) in [6, 6.07) is 24.6. The van der Waals surface area contributed by atoms with Gasteiger partial charge in [-0.1, -0.05) is 65.7 Å². The molecule has 0 aliphatic heterocycles. The van der Waals surface area contributed by atoms with Crippen LogP contribution in [0.15, 0.2) is 85.1 Å². The highest BCUT2D eigenvalue weighted by molar-refractivity contribution is 6.36. The fraction of sp³-hybridized carbons (Fsp3) is 0.0741. The Morgan fingerprint density at radius 3 is 2.33 bits per heavy atom. The van der Waals surface area contributed by atoms with Crippen molar-refractivity contribution >= 4 is 53.9 Å². The van der Waals surface area contributed by atoms with E-state index in [-0.39, 0.29) is 5.91 Å². The molecule has 2 N–H and O–H groups in total. The zero-order valence-corrected chi connectivity index (χ0v) is 21.0. The molecule has 2 heterocycles. The summed E-state index contributed by atoms with van der Waals surface area (Å²) < 4.78 is 1.80. The molecule has 178 valence electrons. The highest BCUT2D eigenvalue weighted by atomic mass is 35.5. The van der Waals surface area contributed by atoms with Crippen molar-refractivity contribution < 1.29 is 4.79 Å². The van der Waals surface area contributed by atoms with E-state index in [1.807, 2.05) is 62.4 Å². The summed E-state index contributed by atoms with van der Waals surface area (Å²) in [5.74, 6) is 0.685. The van der Waals surface area contributed by atoms with E-state index in [1.54, 1.807) is 35.0 Å². The van der Waals surface area contributed by atoms with Crippen molar-refractivity contribution in [3.05, 3.63) is 112 Å². The van der Waals surface area contributed by atoms with Gasteiger partial charge in [-0.2, -0.15) is 9.61 Å². The average molecular weight is 514 g/mol. The minimum atomic E-state index is -0.136. The van der Waals surface area contributed by atoms with Crippen molar-refractivity contribution in [3.63, 3.8) is 0 Å². The summed E-state index contributed by atoms with van der Waals surface area (Å²) in [6.07, 6.45) is 1.80. The molecule has 2 aromatic heterocycles. The third kappa shape index (κ3) is 5.22. The highest BCUT2D eigenvalue weighted by Crippen LogP contribution is 2.28. The van der Waals surface area contributed by atoms with E-state index in [1.165, 1.54) is 0 Å². The second kappa shape index (κ2) is 10.4. The lowest BCUT2D eigenvalue weighted by molar-refractivity contribution is 0.0951. The smallest absolute Gasteiger partial charge is 0.251 e. The van der Waals surface area contributed by atoms with Crippen molar-refractivity contribution in [2.24, 2.45) is 0 Å². The minimum Gasteiger partial charge on any atom is -0.366 e. The van der Waals surface area contributed by atoms with Crippen LogP contribution in [0.4, 0.5) is 5.82 Å². The van der Waals surface area contributed by atoms with E-state index in [9.17, 15) is 4.79 Å². The van der Waals surface area contributed by atoms with Crippen molar-refractivity contribution in [3.8, 4) is 11.3 Å². The minimum absolute atomic E-state index is 0.136. The molecule has 0 saturated heterocycles. The third-order valence-electron chi connectivity index (χ3n) is 5.85.